The first kappa shape index (κ1) is 17.1. The van der Waals surface area contributed by atoms with Crippen molar-refractivity contribution < 1.29 is 0 Å². The quantitative estimate of drug-likeness (QED) is 0.275. The van der Waals surface area contributed by atoms with Crippen molar-refractivity contribution in [2.45, 2.75) is 101 Å². The Balaban J connectivity index is 1.47. The molecule has 0 unspecified atom stereocenters. The lowest BCUT2D eigenvalue weighted by molar-refractivity contribution is 0.327. The van der Waals surface area contributed by atoms with Gasteiger partial charge in [-0.3, -0.25) is 0 Å². The summed E-state index contributed by atoms with van der Waals surface area (Å²) in [7, 11) is -0.239. The van der Waals surface area contributed by atoms with Gasteiger partial charge in [0.2, 0.25) is 0 Å². The molecular weight excluding hydrogens is 324 g/mol. The van der Waals surface area contributed by atoms with Crippen molar-refractivity contribution in [1.29, 1.82) is 0 Å². The number of hydrogen-bond donors (Lipinski definition) is 0. The third-order valence-electron chi connectivity index (χ3n) is 5.91. The van der Waals surface area contributed by atoms with Crippen LogP contribution < -0.4 is 0 Å². The molecule has 2 rings (SSSR count). The highest BCUT2D eigenvalue weighted by molar-refractivity contribution is 9.09. The Labute approximate surface area is 137 Å². The van der Waals surface area contributed by atoms with Crippen LogP contribution in [-0.4, -0.2) is 13.6 Å². The van der Waals surface area contributed by atoms with E-state index in [9.17, 15) is 0 Å². The van der Waals surface area contributed by atoms with Crippen LogP contribution in [0.15, 0.2) is 0 Å². The summed E-state index contributed by atoms with van der Waals surface area (Å²) in [5.74, 6) is 2.19. The third kappa shape index (κ3) is 6.21. The fraction of sp³-hybridized carbons (Fsp3) is 1.00. The van der Waals surface area contributed by atoms with E-state index in [1.807, 2.05) is 0 Å². The van der Waals surface area contributed by atoms with Crippen LogP contribution in [0, 0.1) is 11.8 Å². The predicted octanol–water partition coefficient (Wildman–Crippen LogP) is 6.55. The fourth-order valence-electron chi connectivity index (χ4n) is 4.49. The molecule has 2 heteroatoms. The van der Waals surface area contributed by atoms with Gasteiger partial charge in [0.25, 0.3) is 0 Å². The van der Waals surface area contributed by atoms with Crippen LogP contribution in [0.5, 0.6) is 0 Å². The Kier molecular flexibility index (Phi) is 8.24. The van der Waals surface area contributed by atoms with E-state index in [0.717, 1.165) is 16.7 Å². The highest BCUT2D eigenvalue weighted by Crippen LogP contribution is 2.34. The second-order valence-corrected chi connectivity index (χ2v) is 12.3. The molecule has 1 saturated heterocycles. The predicted molar refractivity (Wildman–Crippen MR) is 97.7 cm³/mol. The molecule has 1 aliphatic heterocycles. The van der Waals surface area contributed by atoms with Crippen LogP contribution >= 0.6 is 15.9 Å². The van der Waals surface area contributed by atoms with Gasteiger partial charge in [0.1, 0.15) is 0 Å². The summed E-state index contributed by atoms with van der Waals surface area (Å²) in [5.41, 5.74) is 0. The highest BCUT2D eigenvalue weighted by atomic mass is 79.9. The van der Waals surface area contributed by atoms with Gasteiger partial charge in [0.05, 0.1) is 0 Å². The van der Waals surface area contributed by atoms with E-state index < -0.39 is 0 Å². The summed E-state index contributed by atoms with van der Waals surface area (Å²) >= 11 is 3.77. The van der Waals surface area contributed by atoms with Gasteiger partial charge in [-0.25, -0.2) is 0 Å². The molecule has 1 heterocycles. The molecular formula is C18H35BrSi. The summed E-state index contributed by atoms with van der Waals surface area (Å²) in [6.45, 7) is 2.38. The SMILES string of the molecule is CCC[Si@H]1CC[C@H](CCCCC2CCC(Br)CC2)CC1. The zero-order valence-electron chi connectivity index (χ0n) is 13.6. The molecule has 0 aromatic rings. The van der Waals surface area contributed by atoms with Gasteiger partial charge < -0.3 is 0 Å². The molecule has 0 aromatic carbocycles. The number of hydrogen-bond acceptors (Lipinski definition) is 0. The van der Waals surface area contributed by atoms with E-state index in [2.05, 4.69) is 22.9 Å². The van der Waals surface area contributed by atoms with Crippen molar-refractivity contribution in [2.75, 3.05) is 0 Å². The standard InChI is InChI=1S/C18H35BrSi/c1-2-13-20-14-11-17(12-15-20)6-4-3-5-16-7-9-18(19)10-8-16/h16-18,20H,2-15H2,1H3/t16?,17-,18?,20-. The minimum Gasteiger partial charge on any atom is -0.0891 e. The molecule has 0 radical (unpaired) electrons. The first-order valence-electron chi connectivity index (χ1n) is 9.42. The van der Waals surface area contributed by atoms with Crippen molar-refractivity contribution in [3.63, 3.8) is 0 Å². The minimum absolute atomic E-state index is 0.239. The summed E-state index contributed by atoms with van der Waals surface area (Å²) in [4.78, 5) is 0.834. The zero-order chi connectivity index (χ0) is 14.2. The summed E-state index contributed by atoms with van der Waals surface area (Å²) in [6, 6.07) is 4.98. The maximum atomic E-state index is 3.77. The first-order valence-corrected chi connectivity index (χ1v) is 12.8. The highest BCUT2D eigenvalue weighted by Gasteiger charge is 2.22. The number of rotatable bonds is 7. The minimum atomic E-state index is -0.239. The van der Waals surface area contributed by atoms with E-state index in [-0.39, 0.29) is 8.80 Å². The molecule has 0 bridgehead atoms. The normalized spacial score (nSPS) is 35.1. The average Bonchev–Trinajstić information content (AvgIpc) is 2.47. The molecule has 0 aromatic heterocycles. The van der Waals surface area contributed by atoms with Crippen LogP contribution in [0.3, 0.4) is 0 Å². The van der Waals surface area contributed by atoms with Crippen LogP contribution in [-0.2, 0) is 0 Å². The molecule has 1 aliphatic carbocycles. The van der Waals surface area contributed by atoms with Crippen molar-refractivity contribution >= 4 is 24.7 Å². The molecule has 0 spiro atoms. The van der Waals surface area contributed by atoms with Gasteiger partial charge in [-0.15, -0.1) is 0 Å². The smallest absolute Gasteiger partial charge is 0.0367 e. The second-order valence-electron chi connectivity index (χ2n) is 7.58. The molecule has 0 amide bonds. The molecule has 118 valence electrons. The lowest BCUT2D eigenvalue weighted by atomic mass is 9.85. The van der Waals surface area contributed by atoms with E-state index in [1.165, 1.54) is 51.4 Å². The number of unbranched alkanes of at least 4 members (excludes halogenated alkanes) is 1. The average molecular weight is 359 g/mol. The first-order chi connectivity index (χ1) is 9.78. The van der Waals surface area contributed by atoms with E-state index in [0.29, 0.717) is 0 Å². The Morgan fingerprint density at radius 1 is 0.850 bits per heavy atom. The van der Waals surface area contributed by atoms with E-state index >= 15 is 0 Å². The van der Waals surface area contributed by atoms with Crippen molar-refractivity contribution in [2.24, 2.45) is 11.8 Å². The number of alkyl halides is 1. The lowest BCUT2D eigenvalue weighted by Gasteiger charge is -2.28. The zero-order valence-corrected chi connectivity index (χ0v) is 16.3. The molecule has 2 fully saturated rings. The second kappa shape index (κ2) is 9.66. The Bertz CT molecular complexity index is 240. The molecule has 2 aliphatic rings. The van der Waals surface area contributed by atoms with Crippen molar-refractivity contribution in [1.82, 2.24) is 0 Å². The van der Waals surface area contributed by atoms with E-state index in [4.69, 9.17) is 0 Å². The molecule has 0 atom stereocenters. The summed E-state index contributed by atoms with van der Waals surface area (Å²) in [6.07, 6.45) is 16.6. The topological polar surface area (TPSA) is 0 Å². The van der Waals surface area contributed by atoms with Crippen molar-refractivity contribution in [3.8, 4) is 0 Å². The Hall–Kier alpha value is 0.697. The maximum absolute atomic E-state index is 3.77. The van der Waals surface area contributed by atoms with Gasteiger partial charge in [-0.2, -0.15) is 0 Å². The monoisotopic (exact) mass is 358 g/mol. The molecule has 20 heavy (non-hydrogen) atoms. The summed E-state index contributed by atoms with van der Waals surface area (Å²) in [5, 5.41) is 0. The van der Waals surface area contributed by atoms with E-state index in [1.54, 1.807) is 37.4 Å². The van der Waals surface area contributed by atoms with Crippen LogP contribution in [0.4, 0.5) is 0 Å². The number of halogens is 1. The third-order valence-corrected chi connectivity index (χ3v) is 10.5. The van der Waals surface area contributed by atoms with Crippen molar-refractivity contribution in [3.05, 3.63) is 0 Å². The van der Waals surface area contributed by atoms with Gasteiger partial charge in [-0.05, 0) is 37.5 Å². The Morgan fingerprint density at radius 2 is 1.40 bits per heavy atom. The molecule has 0 N–H and O–H groups in total. The van der Waals surface area contributed by atoms with Crippen LogP contribution in [0.1, 0.15) is 77.6 Å². The van der Waals surface area contributed by atoms with Gasteiger partial charge >= 0.3 is 0 Å². The molecule has 1 saturated carbocycles. The molecule has 0 nitrogen and oxygen atoms in total. The fourth-order valence-corrected chi connectivity index (χ4v) is 8.59. The van der Waals surface area contributed by atoms with Gasteiger partial charge in [0.15, 0.2) is 0 Å². The largest absolute Gasteiger partial charge is 0.0891 e. The van der Waals surface area contributed by atoms with Gasteiger partial charge in [0, 0.05) is 13.6 Å². The maximum Gasteiger partial charge on any atom is 0.0367 e. The Morgan fingerprint density at radius 3 is 1.95 bits per heavy atom. The lowest BCUT2D eigenvalue weighted by Crippen LogP contribution is -2.21. The van der Waals surface area contributed by atoms with Gasteiger partial charge in [-0.1, -0.05) is 85.9 Å². The van der Waals surface area contributed by atoms with Crippen LogP contribution in [0.25, 0.3) is 0 Å². The van der Waals surface area contributed by atoms with Crippen LogP contribution in [0.2, 0.25) is 18.1 Å². The summed E-state index contributed by atoms with van der Waals surface area (Å²) < 4.78 is 0.